The molecule has 0 aliphatic carbocycles. The Hall–Kier alpha value is -2.63. The molecule has 0 bridgehead atoms. The second kappa shape index (κ2) is 5.40. The molecule has 3 rings (SSSR count). The third kappa shape index (κ3) is 2.52. The summed E-state index contributed by atoms with van der Waals surface area (Å²) >= 11 is 0. The quantitative estimate of drug-likeness (QED) is 0.733. The predicted octanol–water partition coefficient (Wildman–Crippen LogP) is 2.01. The van der Waals surface area contributed by atoms with Gasteiger partial charge in [0.05, 0.1) is 18.7 Å². The zero-order valence-electron chi connectivity index (χ0n) is 12.3. The number of hydrogen-bond donors (Lipinski definition) is 0. The van der Waals surface area contributed by atoms with Gasteiger partial charge in [0.15, 0.2) is 5.65 Å². The number of methoxy groups -OCH3 is 1. The standard InChI is InChI=1S/C15H17N5O/c1-19(9-11-4-6-12(21-3)7-5-11)14-13-8-18-20(2)15(13)17-10-16-14/h4-8,10H,9H2,1-3H3. The Bertz CT molecular complexity index is 750. The van der Waals surface area contributed by atoms with Gasteiger partial charge in [0.25, 0.3) is 0 Å². The van der Waals surface area contributed by atoms with Gasteiger partial charge in [0.1, 0.15) is 17.9 Å². The van der Waals surface area contributed by atoms with Crippen LogP contribution in [0.25, 0.3) is 11.0 Å². The average molecular weight is 283 g/mol. The van der Waals surface area contributed by atoms with E-state index >= 15 is 0 Å². The first-order chi connectivity index (χ1) is 10.2. The predicted molar refractivity (Wildman–Crippen MR) is 81.4 cm³/mol. The average Bonchev–Trinajstić information content (AvgIpc) is 2.89. The lowest BCUT2D eigenvalue weighted by molar-refractivity contribution is 0.414. The van der Waals surface area contributed by atoms with E-state index in [0.717, 1.165) is 29.1 Å². The molecule has 0 spiro atoms. The van der Waals surface area contributed by atoms with Gasteiger partial charge in [-0.25, -0.2) is 9.97 Å². The highest BCUT2D eigenvalue weighted by Crippen LogP contribution is 2.22. The van der Waals surface area contributed by atoms with Gasteiger partial charge in [0, 0.05) is 20.6 Å². The maximum Gasteiger partial charge on any atom is 0.163 e. The maximum atomic E-state index is 5.17. The number of rotatable bonds is 4. The summed E-state index contributed by atoms with van der Waals surface area (Å²) in [5.41, 5.74) is 2.02. The monoisotopic (exact) mass is 283 g/mol. The van der Waals surface area contributed by atoms with Crippen molar-refractivity contribution in [2.45, 2.75) is 6.54 Å². The van der Waals surface area contributed by atoms with Crippen molar-refractivity contribution in [3.8, 4) is 5.75 Å². The molecule has 0 aliphatic heterocycles. The SMILES string of the molecule is COc1ccc(CN(C)c2ncnc3c2cnn3C)cc1. The van der Waals surface area contributed by atoms with Crippen LogP contribution in [0.4, 0.5) is 5.82 Å². The van der Waals surface area contributed by atoms with Crippen molar-refractivity contribution in [3.63, 3.8) is 0 Å². The van der Waals surface area contributed by atoms with Crippen molar-refractivity contribution < 1.29 is 4.74 Å². The number of nitrogens with zero attached hydrogens (tertiary/aromatic N) is 5. The van der Waals surface area contributed by atoms with Crippen LogP contribution >= 0.6 is 0 Å². The minimum absolute atomic E-state index is 0.755. The summed E-state index contributed by atoms with van der Waals surface area (Å²) < 4.78 is 6.93. The number of aryl methyl sites for hydroxylation is 1. The highest BCUT2D eigenvalue weighted by atomic mass is 16.5. The van der Waals surface area contributed by atoms with Crippen molar-refractivity contribution in [1.29, 1.82) is 0 Å². The smallest absolute Gasteiger partial charge is 0.163 e. The van der Waals surface area contributed by atoms with Gasteiger partial charge in [0.2, 0.25) is 0 Å². The largest absolute Gasteiger partial charge is 0.497 e. The van der Waals surface area contributed by atoms with E-state index in [1.165, 1.54) is 5.56 Å². The van der Waals surface area contributed by atoms with E-state index in [1.807, 2.05) is 26.2 Å². The molecule has 0 saturated heterocycles. The fraction of sp³-hybridized carbons (Fsp3) is 0.267. The van der Waals surface area contributed by atoms with E-state index in [-0.39, 0.29) is 0 Å². The molecule has 0 amide bonds. The molecule has 1 aromatic carbocycles. The Labute approximate surface area is 123 Å². The first-order valence-electron chi connectivity index (χ1n) is 6.66. The number of anilines is 1. The van der Waals surface area contributed by atoms with Gasteiger partial charge in [-0.15, -0.1) is 0 Å². The molecular weight excluding hydrogens is 266 g/mol. The Kier molecular flexibility index (Phi) is 3.43. The molecule has 2 heterocycles. The summed E-state index contributed by atoms with van der Waals surface area (Å²) in [7, 11) is 5.56. The van der Waals surface area contributed by atoms with Crippen LogP contribution in [0, 0.1) is 0 Å². The molecule has 6 nitrogen and oxygen atoms in total. The van der Waals surface area contributed by atoms with Crippen LogP contribution in [0.5, 0.6) is 5.75 Å². The van der Waals surface area contributed by atoms with Crippen LogP contribution in [-0.4, -0.2) is 33.9 Å². The van der Waals surface area contributed by atoms with Crippen LogP contribution in [0.1, 0.15) is 5.56 Å². The molecule has 0 atom stereocenters. The van der Waals surface area contributed by atoms with Crippen LogP contribution in [0.3, 0.4) is 0 Å². The normalized spacial score (nSPS) is 10.8. The van der Waals surface area contributed by atoms with Gasteiger partial charge in [-0.3, -0.25) is 4.68 Å². The molecule has 2 aromatic heterocycles. The fourth-order valence-electron chi connectivity index (χ4n) is 2.33. The number of benzene rings is 1. The van der Waals surface area contributed by atoms with Gasteiger partial charge >= 0.3 is 0 Å². The zero-order valence-corrected chi connectivity index (χ0v) is 12.3. The summed E-state index contributed by atoms with van der Waals surface area (Å²) in [6.07, 6.45) is 3.37. The Morgan fingerprint density at radius 1 is 1.19 bits per heavy atom. The van der Waals surface area contributed by atoms with E-state index in [1.54, 1.807) is 24.3 Å². The Morgan fingerprint density at radius 2 is 1.95 bits per heavy atom. The third-order valence-electron chi connectivity index (χ3n) is 3.45. The lowest BCUT2D eigenvalue weighted by Crippen LogP contribution is -2.18. The maximum absolute atomic E-state index is 5.17. The van der Waals surface area contributed by atoms with Crippen molar-refractivity contribution in [3.05, 3.63) is 42.4 Å². The van der Waals surface area contributed by atoms with E-state index in [2.05, 4.69) is 32.1 Å². The Morgan fingerprint density at radius 3 is 2.67 bits per heavy atom. The zero-order chi connectivity index (χ0) is 14.8. The van der Waals surface area contributed by atoms with Gasteiger partial charge in [-0.2, -0.15) is 5.10 Å². The lowest BCUT2D eigenvalue weighted by Gasteiger charge is -2.18. The van der Waals surface area contributed by atoms with Crippen LogP contribution in [0.2, 0.25) is 0 Å². The van der Waals surface area contributed by atoms with E-state index in [9.17, 15) is 0 Å². The summed E-state index contributed by atoms with van der Waals surface area (Å²) in [6.45, 7) is 0.755. The molecule has 21 heavy (non-hydrogen) atoms. The number of aromatic nitrogens is 4. The molecule has 0 aliphatic rings. The van der Waals surface area contributed by atoms with Crippen molar-refractivity contribution in [2.24, 2.45) is 7.05 Å². The summed E-state index contributed by atoms with van der Waals surface area (Å²) in [6, 6.07) is 8.03. The van der Waals surface area contributed by atoms with Gasteiger partial charge in [-0.1, -0.05) is 12.1 Å². The minimum Gasteiger partial charge on any atom is -0.497 e. The lowest BCUT2D eigenvalue weighted by atomic mass is 10.2. The van der Waals surface area contributed by atoms with Crippen LogP contribution < -0.4 is 9.64 Å². The van der Waals surface area contributed by atoms with Crippen molar-refractivity contribution in [1.82, 2.24) is 19.7 Å². The molecule has 0 saturated carbocycles. The molecule has 0 fully saturated rings. The molecule has 108 valence electrons. The van der Waals surface area contributed by atoms with Crippen molar-refractivity contribution in [2.75, 3.05) is 19.1 Å². The summed E-state index contributed by atoms with van der Waals surface area (Å²) in [5.74, 6) is 1.74. The Balaban J connectivity index is 1.87. The second-order valence-electron chi connectivity index (χ2n) is 4.91. The van der Waals surface area contributed by atoms with E-state index < -0.39 is 0 Å². The first-order valence-corrected chi connectivity index (χ1v) is 6.66. The topological polar surface area (TPSA) is 56.1 Å². The fourth-order valence-corrected chi connectivity index (χ4v) is 2.33. The summed E-state index contributed by atoms with van der Waals surface area (Å²) in [5, 5.41) is 5.19. The molecular formula is C15H17N5O. The van der Waals surface area contributed by atoms with E-state index in [0.29, 0.717) is 0 Å². The molecule has 0 unspecified atom stereocenters. The molecule has 0 N–H and O–H groups in total. The number of ether oxygens (including phenoxy) is 1. The highest BCUT2D eigenvalue weighted by Gasteiger charge is 2.12. The molecule has 0 radical (unpaired) electrons. The number of fused-ring (bicyclic) bond motifs is 1. The minimum atomic E-state index is 0.755. The first kappa shape index (κ1) is 13.4. The van der Waals surface area contributed by atoms with Gasteiger partial charge in [-0.05, 0) is 17.7 Å². The van der Waals surface area contributed by atoms with E-state index in [4.69, 9.17) is 4.74 Å². The summed E-state index contributed by atoms with van der Waals surface area (Å²) in [4.78, 5) is 10.7. The van der Waals surface area contributed by atoms with Gasteiger partial charge < -0.3 is 9.64 Å². The molecule has 3 aromatic rings. The number of hydrogen-bond acceptors (Lipinski definition) is 5. The van der Waals surface area contributed by atoms with Crippen LogP contribution in [-0.2, 0) is 13.6 Å². The van der Waals surface area contributed by atoms with Crippen LogP contribution in [0.15, 0.2) is 36.8 Å². The molecule has 6 heteroatoms. The van der Waals surface area contributed by atoms with Crippen molar-refractivity contribution >= 4 is 16.9 Å². The second-order valence-corrected chi connectivity index (χ2v) is 4.91. The third-order valence-corrected chi connectivity index (χ3v) is 3.45. The highest BCUT2D eigenvalue weighted by molar-refractivity contribution is 5.86.